The first kappa shape index (κ1) is 32.0. The van der Waals surface area contributed by atoms with Gasteiger partial charge in [-0.05, 0) is 84.3 Å². The van der Waals surface area contributed by atoms with Gasteiger partial charge in [0.05, 0.1) is 27.6 Å². The number of ether oxygens (including phenoxy) is 1. The van der Waals surface area contributed by atoms with Crippen LogP contribution in [0, 0.1) is 0 Å². The van der Waals surface area contributed by atoms with Crippen molar-refractivity contribution < 1.29 is 4.74 Å². The standard InChI is InChI=1S/C51H39N3O/c1-51(2)40-20-10-13-23-46(40)55-49-41(51)29-31-45-47(49)39-19-9-12-22-43(39)54(45)44-30-28-37(35-16-6-7-17-36(35)44)50-52-42-21-11-8-18-38(42)48(53-50)34-26-24-33(25-27-34)32-14-4-3-5-15-32/h3-5,8-15,18-31H,6-7,16-17H2,1-2H3. The highest BCUT2D eigenvalue weighted by atomic mass is 16.5. The molecule has 0 atom stereocenters. The van der Waals surface area contributed by atoms with Crippen LogP contribution in [0.5, 0.6) is 11.5 Å². The molecule has 0 saturated carbocycles. The molecule has 264 valence electrons. The number of benzene rings is 7. The molecule has 0 unspecified atom stereocenters. The third kappa shape index (κ3) is 4.91. The summed E-state index contributed by atoms with van der Waals surface area (Å²) < 4.78 is 9.34. The zero-order chi connectivity index (χ0) is 36.7. The third-order valence-electron chi connectivity index (χ3n) is 12.1. The van der Waals surface area contributed by atoms with E-state index in [2.05, 4.69) is 170 Å². The van der Waals surface area contributed by atoms with E-state index in [1.54, 1.807) is 0 Å². The van der Waals surface area contributed by atoms with Crippen LogP contribution < -0.4 is 4.74 Å². The van der Waals surface area contributed by atoms with Crippen LogP contribution >= 0.6 is 0 Å². The number of hydrogen-bond donors (Lipinski definition) is 0. The average molecular weight is 710 g/mol. The maximum absolute atomic E-state index is 6.86. The van der Waals surface area contributed by atoms with E-state index in [1.807, 2.05) is 0 Å². The van der Waals surface area contributed by atoms with Crippen LogP contribution in [0.25, 0.3) is 72.2 Å². The monoisotopic (exact) mass is 709 g/mol. The molecular weight excluding hydrogens is 671 g/mol. The van der Waals surface area contributed by atoms with E-state index in [-0.39, 0.29) is 5.41 Å². The largest absolute Gasteiger partial charge is 0.456 e. The van der Waals surface area contributed by atoms with Gasteiger partial charge >= 0.3 is 0 Å². The summed E-state index contributed by atoms with van der Waals surface area (Å²) in [6.45, 7) is 4.63. The molecule has 0 fully saturated rings. The van der Waals surface area contributed by atoms with Gasteiger partial charge in [-0.3, -0.25) is 0 Å². The van der Waals surface area contributed by atoms with E-state index < -0.39 is 0 Å². The van der Waals surface area contributed by atoms with Crippen molar-refractivity contribution in [2.45, 2.75) is 44.9 Å². The van der Waals surface area contributed by atoms with Crippen molar-refractivity contribution in [3.05, 3.63) is 174 Å². The predicted molar refractivity (Wildman–Crippen MR) is 225 cm³/mol. The molecule has 1 aliphatic carbocycles. The zero-order valence-corrected chi connectivity index (χ0v) is 31.0. The summed E-state index contributed by atoms with van der Waals surface area (Å²) in [4.78, 5) is 10.6. The summed E-state index contributed by atoms with van der Waals surface area (Å²) in [5.41, 5.74) is 15.1. The summed E-state index contributed by atoms with van der Waals surface area (Å²) in [6, 6.07) is 54.2. The molecule has 0 N–H and O–H groups in total. The van der Waals surface area contributed by atoms with Gasteiger partial charge in [-0.15, -0.1) is 0 Å². The highest BCUT2D eigenvalue weighted by molar-refractivity contribution is 6.13. The van der Waals surface area contributed by atoms with Crippen LogP contribution in [0.15, 0.2) is 152 Å². The van der Waals surface area contributed by atoms with Crippen molar-refractivity contribution in [2.75, 3.05) is 0 Å². The van der Waals surface area contributed by atoms with Crippen molar-refractivity contribution in [3.8, 4) is 51.0 Å². The van der Waals surface area contributed by atoms with Crippen molar-refractivity contribution in [1.29, 1.82) is 0 Å². The number of hydrogen-bond acceptors (Lipinski definition) is 3. The Morgan fingerprint density at radius 1 is 0.545 bits per heavy atom. The fourth-order valence-electron chi connectivity index (χ4n) is 9.35. The van der Waals surface area contributed by atoms with Crippen LogP contribution in [0.2, 0.25) is 0 Å². The molecule has 0 spiro atoms. The Bertz CT molecular complexity index is 2970. The minimum Gasteiger partial charge on any atom is -0.456 e. The molecule has 7 aromatic carbocycles. The molecule has 3 heterocycles. The van der Waals surface area contributed by atoms with Crippen LogP contribution in [0.3, 0.4) is 0 Å². The lowest BCUT2D eigenvalue weighted by Gasteiger charge is -2.34. The summed E-state index contributed by atoms with van der Waals surface area (Å²) in [6.07, 6.45) is 4.31. The Morgan fingerprint density at radius 3 is 2.09 bits per heavy atom. The lowest BCUT2D eigenvalue weighted by molar-refractivity contribution is 0.423. The van der Waals surface area contributed by atoms with E-state index >= 15 is 0 Å². The van der Waals surface area contributed by atoms with E-state index in [1.165, 1.54) is 60.9 Å². The fraction of sp³-hybridized carbons (Fsp3) is 0.137. The van der Waals surface area contributed by atoms with Crippen molar-refractivity contribution in [3.63, 3.8) is 0 Å². The smallest absolute Gasteiger partial charge is 0.160 e. The number of aromatic nitrogens is 3. The van der Waals surface area contributed by atoms with Gasteiger partial charge in [-0.25, -0.2) is 9.97 Å². The van der Waals surface area contributed by atoms with Crippen LogP contribution in [0.4, 0.5) is 0 Å². The van der Waals surface area contributed by atoms with Gasteiger partial charge in [0.25, 0.3) is 0 Å². The quantitative estimate of drug-likeness (QED) is 0.183. The molecule has 9 aromatic rings. The average Bonchev–Trinajstić information content (AvgIpc) is 3.58. The highest BCUT2D eigenvalue weighted by Gasteiger charge is 2.36. The van der Waals surface area contributed by atoms with Crippen molar-refractivity contribution in [2.24, 2.45) is 0 Å². The molecule has 55 heavy (non-hydrogen) atoms. The number of fused-ring (bicyclic) bond motifs is 8. The molecule has 4 heteroatoms. The second-order valence-electron chi connectivity index (χ2n) is 15.6. The lowest BCUT2D eigenvalue weighted by atomic mass is 9.75. The Morgan fingerprint density at radius 2 is 1.24 bits per heavy atom. The first-order valence-corrected chi connectivity index (χ1v) is 19.5. The fourth-order valence-corrected chi connectivity index (χ4v) is 9.35. The molecule has 2 aromatic heterocycles. The maximum atomic E-state index is 6.86. The van der Waals surface area contributed by atoms with Crippen molar-refractivity contribution in [1.82, 2.24) is 14.5 Å². The van der Waals surface area contributed by atoms with Gasteiger partial charge in [0.2, 0.25) is 0 Å². The van der Waals surface area contributed by atoms with Crippen LogP contribution in [-0.4, -0.2) is 14.5 Å². The van der Waals surface area contributed by atoms with E-state index in [0.29, 0.717) is 0 Å². The molecule has 0 saturated heterocycles. The molecule has 11 rings (SSSR count). The summed E-state index contributed by atoms with van der Waals surface area (Å²) in [5.74, 6) is 2.69. The SMILES string of the molecule is CC1(C)c2ccccc2Oc2c1ccc1c2c2ccccc2n1-c1ccc(-c2nc(-c3ccc(-c4ccccc4)cc3)c3ccccc3n2)c2c1CCCC2. The normalized spacial score (nSPS) is 14.4. The minimum atomic E-state index is -0.189. The van der Waals surface area contributed by atoms with Crippen LogP contribution in [0.1, 0.15) is 48.9 Å². The van der Waals surface area contributed by atoms with Crippen molar-refractivity contribution >= 4 is 32.7 Å². The topological polar surface area (TPSA) is 39.9 Å². The van der Waals surface area contributed by atoms with Gasteiger partial charge in [0.1, 0.15) is 11.5 Å². The molecule has 2 aliphatic rings. The molecule has 1 aliphatic heterocycles. The number of para-hydroxylation sites is 3. The van der Waals surface area contributed by atoms with E-state index in [4.69, 9.17) is 14.7 Å². The van der Waals surface area contributed by atoms with Gasteiger partial charge < -0.3 is 9.30 Å². The first-order chi connectivity index (χ1) is 27.0. The lowest BCUT2D eigenvalue weighted by Crippen LogP contribution is -2.24. The second-order valence-corrected chi connectivity index (χ2v) is 15.6. The predicted octanol–water partition coefficient (Wildman–Crippen LogP) is 13.0. The summed E-state index contributed by atoms with van der Waals surface area (Å²) >= 11 is 0. The molecule has 0 amide bonds. The third-order valence-corrected chi connectivity index (χ3v) is 12.1. The van der Waals surface area contributed by atoms with E-state index in [0.717, 1.165) is 70.7 Å². The summed E-state index contributed by atoms with van der Waals surface area (Å²) in [5, 5.41) is 3.44. The Kier molecular flexibility index (Phi) is 7.12. The van der Waals surface area contributed by atoms with E-state index in [9.17, 15) is 0 Å². The minimum absolute atomic E-state index is 0.189. The molecule has 0 bridgehead atoms. The summed E-state index contributed by atoms with van der Waals surface area (Å²) in [7, 11) is 0. The number of rotatable bonds is 4. The second kappa shape index (κ2) is 12.3. The molecular formula is C51H39N3O. The van der Waals surface area contributed by atoms with Gasteiger partial charge in [0, 0.05) is 44.1 Å². The zero-order valence-electron chi connectivity index (χ0n) is 31.0. The van der Waals surface area contributed by atoms with Gasteiger partial charge in [0.15, 0.2) is 5.82 Å². The maximum Gasteiger partial charge on any atom is 0.160 e. The molecule has 0 radical (unpaired) electrons. The van der Waals surface area contributed by atoms with Crippen LogP contribution in [-0.2, 0) is 18.3 Å². The highest BCUT2D eigenvalue weighted by Crippen LogP contribution is 2.52. The Hall–Kier alpha value is -6.52. The number of nitrogens with zero attached hydrogens (tertiary/aromatic N) is 3. The Balaban J connectivity index is 1.09. The van der Waals surface area contributed by atoms with Gasteiger partial charge in [-0.2, -0.15) is 0 Å². The van der Waals surface area contributed by atoms with Gasteiger partial charge in [-0.1, -0.05) is 129 Å². The molecule has 4 nitrogen and oxygen atoms in total. The Labute approximate surface area is 320 Å². The first-order valence-electron chi connectivity index (χ1n) is 19.5.